The number of rotatable bonds is 1. The molecular formula is C24H35NO5. The summed E-state index contributed by atoms with van der Waals surface area (Å²) in [5.74, 6) is 1.74. The first-order chi connectivity index (χ1) is 13.8. The van der Waals surface area contributed by atoms with E-state index in [0.717, 1.165) is 37.7 Å². The fourth-order valence-electron chi connectivity index (χ4n) is 8.88. The van der Waals surface area contributed by atoms with Crippen molar-refractivity contribution in [1.82, 2.24) is 4.98 Å². The molecule has 6 heteroatoms. The second kappa shape index (κ2) is 6.41. The van der Waals surface area contributed by atoms with E-state index in [4.69, 9.17) is 4.74 Å². The van der Waals surface area contributed by atoms with Gasteiger partial charge in [-0.15, -0.1) is 0 Å². The van der Waals surface area contributed by atoms with Gasteiger partial charge in [0.15, 0.2) is 0 Å². The van der Waals surface area contributed by atoms with Crippen LogP contribution in [-0.2, 0) is 4.74 Å². The van der Waals surface area contributed by atoms with Crippen LogP contribution >= 0.6 is 0 Å². The van der Waals surface area contributed by atoms with Crippen molar-refractivity contribution in [3.05, 3.63) is 34.2 Å². The average molecular weight is 418 g/mol. The van der Waals surface area contributed by atoms with Gasteiger partial charge in [-0.3, -0.25) is 4.79 Å². The molecule has 6 rings (SSSR count). The number of aliphatic hydroxyl groups is 2. The Balaban J connectivity index is 0.00000193. The van der Waals surface area contributed by atoms with E-state index in [1.165, 1.54) is 12.8 Å². The Labute approximate surface area is 177 Å². The van der Waals surface area contributed by atoms with Crippen LogP contribution in [0.15, 0.2) is 23.1 Å². The highest BCUT2D eigenvalue weighted by Gasteiger charge is 2.83. The van der Waals surface area contributed by atoms with Crippen LogP contribution in [0.5, 0.6) is 0 Å². The minimum absolute atomic E-state index is 0. The fraction of sp³-hybridized carbons (Fsp3) is 0.792. The summed E-state index contributed by atoms with van der Waals surface area (Å²) in [4.78, 5) is 14.4. The maximum atomic E-state index is 11.6. The summed E-state index contributed by atoms with van der Waals surface area (Å²) in [6, 6.07) is 3.47. The molecule has 0 aromatic carbocycles. The molecular weight excluding hydrogens is 382 g/mol. The summed E-state index contributed by atoms with van der Waals surface area (Å²) in [7, 11) is 0. The van der Waals surface area contributed by atoms with Crippen LogP contribution in [0.25, 0.3) is 0 Å². The van der Waals surface area contributed by atoms with Gasteiger partial charge in [0.1, 0.15) is 11.7 Å². The lowest BCUT2D eigenvalue weighted by atomic mass is 9.44. The highest BCUT2D eigenvalue weighted by atomic mass is 16.6. The number of pyridine rings is 1. The van der Waals surface area contributed by atoms with Crippen molar-refractivity contribution >= 4 is 0 Å². The van der Waals surface area contributed by atoms with Crippen molar-refractivity contribution in [3.8, 4) is 0 Å². The number of aliphatic hydroxyl groups excluding tert-OH is 2. The Morgan fingerprint density at radius 1 is 1.07 bits per heavy atom. The van der Waals surface area contributed by atoms with Crippen LogP contribution < -0.4 is 5.56 Å². The molecule has 2 heterocycles. The molecule has 5 N–H and O–H groups in total. The van der Waals surface area contributed by atoms with E-state index in [0.29, 0.717) is 17.8 Å². The zero-order valence-corrected chi connectivity index (χ0v) is 17.9. The minimum atomic E-state index is -0.511. The van der Waals surface area contributed by atoms with Crippen LogP contribution in [0.4, 0.5) is 0 Å². The van der Waals surface area contributed by atoms with Gasteiger partial charge >= 0.3 is 0 Å². The summed E-state index contributed by atoms with van der Waals surface area (Å²) in [6.07, 6.45) is 8.62. The Hall–Kier alpha value is -1.21. The zero-order chi connectivity index (χ0) is 20.2. The Morgan fingerprint density at radius 2 is 1.87 bits per heavy atom. The fourth-order valence-corrected chi connectivity index (χ4v) is 8.88. The summed E-state index contributed by atoms with van der Waals surface area (Å²) in [6.45, 7) is 4.80. The number of aromatic nitrogens is 1. The third-order valence-electron chi connectivity index (χ3n) is 10.3. The van der Waals surface area contributed by atoms with Crippen molar-refractivity contribution < 1.29 is 20.4 Å². The van der Waals surface area contributed by atoms with Gasteiger partial charge in [0.2, 0.25) is 5.56 Å². The predicted molar refractivity (Wildman–Crippen MR) is 112 cm³/mol. The first-order valence-corrected chi connectivity index (χ1v) is 11.5. The third kappa shape index (κ3) is 2.31. The monoisotopic (exact) mass is 417 g/mol. The molecule has 0 amide bonds. The molecule has 5 aliphatic rings. The zero-order valence-electron chi connectivity index (χ0n) is 17.9. The van der Waals surface area contributed by atoms with E-state index in [1.807, 2.05) is 6.07 Å². The van der Waals surface area contributed by atoms with Gasteiger partial charge in [0.25, 0.3) is 0 Å². The van der Waals surface area contributed by atoms with Gasteiger partial charge in [0, 0.05) is 23.6 Å². The molecule has 10 atom stereocenters. The highest BCUT2D eigenvalue weighted by molar-refractivity contribution is 5.38. The molecule has 1 saturated heterocycles. The molecule has 4 aliphatic carbocycles. The van der Waals surface area contributed by atoms with Crippen LogP contribution in [0, 0.1) is 28.6 Å². The van der Waals surface area contributed by atoms with E-state index in [1.54, 1.807) is 12.3 Å². The summed E-state index contributed by atoms with van der Waals surface area (Å²) >= 11 is 0. The Bertz CT molecular complexity index is 881. The molecule has 1 aromatic rings. The van der Waals surface area contributed by atoms with Crippen LogP contribution in [0.3, 0.4) is 0 Å². The highest BCUT2D eigenvalue weighted by Crippen LogP contribution is 2.77. The lowest BCUT2D eigenvalue weighted by Gasteiger charge is -2.61. The Kier molecular flexibility index (Phi) is 4.42. The number of epoxide rings is 1. The van der Waals surface area contributed by atoms with Crippen molar-refractivity contribution in [2.45, 2.75) is 88.6 Å². The number of ether oxygens (including phenoxy) is 1. The minimum Gasteiger partial charge on any atom is -0.412 e. The summed E-state index contributed by atoms with van der Waals surface area (Å²) < 4.78 is 6.48. The third-order valence-corrected chi connectivity index (χ3v) is 10.3. The molecule has 0 radical (unpaired) electrons. The van der Waals surface area contributed by atoms with Gasteiger partial charge in [-0.2, -0.15) is 0 Å². The van der Waals surface area contributed by atoms with E-state index in [9.17, 15) is 15.0 Å². The van der Waals surface area contributed by atoms with Crippen molar-refractivity contribution in [2.75, 3.05) is 0 Å². The lowest BCUT2D eigenvalue weighted by Crippen LogP contribution is -2.58. The van der Waals surface area contributed by atoms with Gasteiger partial charge in [-0.25, -0.2) is 0 Å². The lowest BCUT2D eigenvalue weighted by molar-refractivity contribution is -0.143. The summed E-state index contributed by atoms with van der Waals surface area (Å²) in [5, 5.41) is 21.5. The normalized spacial score (nSPS) is 53.5. The molecule has 4 saturated carbocycles. The molecule has 0 bridgehead atoms. The second-order valence-corrected chi connectivity index (χ2v) is 11.2. The largest absolute Gasteiger partial charge is 0.412 e. The molecule has 1 aliphatic heterocycles. The van der Waals surface area contributed by atoms with Gasteiger partial charge < -0.3 is 25.4 Å². The number of nitrogens with one attached hydrogen (secondary N) is 1. The van der Waals surface area contributed by atoms with E-state index >= 15 is 0 Å². The number of aromatic amines is 1. The summed E-state index contributed by atoms with van der Waals surface area (Å²) in [5.41, 5.74) is 0.898. The van der Waals surface area contributed by atoms with E-state index in [-0.39, 0.29) is 45.6 Å². The first kappa shape index (κ1) is 20.7. The molecule has 30 heavy (non-hydrogen) atoms. The van der Waals surface area contributed by atoms with Crippen LogP contribution in [0.1, 0.15) is 70.3 Å². The van der Waals surface area contributed by atoms with Crippen LogP contribution in [-0.4, -0.2) is 44.6 Å². The predicted octanol–water partition coefficient (Wildman–Crippen LogP) is 2.14. The van der Waals surface area contributed by atoms with Gasteiger partial charge in [0.05, 0.1) is 12.2 Å². The molecule has 1 aromatic heterocycles. The first-order valence-electron chi connectivity index (χ1n) is 11.5. The van der Waals surface area contributed by atoms with Crippen molar-refractivity contribution in [2.24, 2.45) is 28.6 Å². The molecule has 166 valence electrons. The van der Waals surface area contributed by atoms with E-state index < -0.39 is 6.10 Å². The molecule has 0 unspecified atom stereocenters. The Morgan fingerprint density at radius 3 is 2.60 bits per heavy atom. The number of fused-ring (bicyclic) bond motifs is 3. The smallest absolute Gasteiger partial charge is 0.247 e. The number of H-pyrrole nitrogens is 1. The molecule has 5 fully saturated rings. The quantitative estimate of drug-likeness (QED) is 0.607. The van der Waals surface area contributed by atoms with E-state index in [2.05, 4.69) is 18.8 Å². The molecule has 1 spiro atoms. The topological polar surface area (TPSA) is 117 Å². The van der Waals surface area contributed by atoms with Gasteiger partial charge in [-0.05, 0) is 73.7 Å². The van der Waals surface area contributed by atoms with Crippen LogP contribution in [0.2, 0.25) is 0 Å². The standard InChI is InChI=1S/C24H33NO4.H2O/c1-22-9-7-15(26)11-14(22)4-5-17-16(22)8-10-23(2)19(13-3-6-18(27)25-12-13)20(28)21-24(17,23)29-21;/h3,6,12,14-17,19-21,26,28H,4-5,7-11H2,1-2H3,(H,25,27);1H2/t14-,15+,16+,17-,19+,20-,21-,22+,23-,24-;/m1./s1. The van der Waals surface area contributed by atoms with Crippen molar-refractivity contribution in [1.29, 1.82) is 0 Å². The maximum absolute atomic E-state index is 11.6. The number of hydrogen-bond donors (Lipinski definition) is 3. The number of hydrogen-bond acceptors (Lipinski definition) is 4. The maximum Gasteiger partial charge on any atom is 0.247 e. The SMILES string of the molecule is C[C@]12CC[C@H](O)C[C@H]1CC[C@@H]1[C@@H]2CC[C@]2(C)[C@@H](c3ccc(=O)[nH]c3)[C@@H](O)[C@H]3O[C@]132.O. The van der Waals surface area contributed by atoms with Gasteiger partial charge in [-0.1, -0.05) is 19.9 Å². The molecule has 6 nitrogen and oxygen atoms in total. The average Bonchev–Trinajstić information content (AvgIpc) is 3.40. The van der Waals surface area contributed by atoms with Crippen molar-refractivity contribution in [3.63, 3.8) is 0 Å². The second-order valence-electron chi connectivity index (χ2n) is 11.2.